The average molecular weight is 155 g/mol. The molecular formula is C8H17NSi. The van der Waals surface area contributed by atoms with Crippen molar-refractivity contribution in [1.82, 2.24) is 4.90 Å². The van der Waals surface area contributed by atoms with Crippen LogP contribution in [0.5, 0.6) is 0 Å². The molecule has 0 aliphatic carbocycles. The van der Waals surface area contributed by atoms with Gasteiger partial charge in [-0.15, -0.1) is 0 Å². The highest BCUT2D eigenvalue weighted by Crippen LogP contribution is 2.12. The minimum absolute atomic E-state index is 0.959. The van der Waals surface area contributed by atoms with E-state index in [2.05, 4.69) is 36.7 Å². The van der Waals surface area contributed by atoms with Gasteiger partial charge in [0.15, 0.2) is 0 Å². The van der Waals surface area contributed by atoms with Crippen molar-refractivity contribution in [2.45, 2.75) is 20.0 Å². The Hall–Kier alpha value is -0.0831. The van der Waals surface area contributed by atoms with E-state index < -0.39 is 8.07 Å². The summed E-state index contributed by atoms with van der Waals surface area (Å²) in [5.41, 5.74) is 2.42. The van der Waals surface area contributed by atoms with Crippen LogP contribution in [-0.2, 0) is 0 Å². The van der Waals surface area contributed by atoms with Crippen LogP contribution >= 0.6 is 0 Å². The molecule has 2 heteroatoms. The van der Waals surface area contributed by atoms with Gasteiger partial charge in [-0.25, -0.2) is 0 Å². The largest absolute Gasteiger partial charge is 0.303 e. The number of nitrogens with zero attached hydrogens (tertiary/aromatic N) is 1. The molecule has 0 unspecified atom stereocenters. The van der Waals surface area contributed by atoms with Crippen LogP contribution in [0.4, 0.5) is 0 Å². The van der Waals surface area contributed by atoms with Crippen molar-refractivity contribution in [3.63, 3.8) is 0 Å². The van der Waals surface area contributed by atoms with E-state index in [4.69, 9.17) is 0 Å². The van der Waals surface area contributed by atoms with E-state index >= 15 is 0 Å². The molecule has 0 amide bonds. The molecule has 1 heterocycles. The quantitative estimate of drug-likeness (QED) is 0.442. The fraction of sp³-hybridized carbons (Fsp3) is 0.750. The van der Waals surface area contributed by atoms with Gasteiger partial charge in [-0.3, -0.25) is 0 Å². The van der Waals surface area contributed by atoms with Gasteiger partial charge in [0.1, 0.15) is 0 Å². The molecule has 1 aliphatic heterocycles. The summed E-state index contributed by atoms with van der Waals surface area (Å²) in [6.45, 7) is 9.65. The molecule has 1 aliphatic rings. The first-order chi connectivity index (χ1) is 4.64. The van der Waals surface area contributed by atoms with Crippen LogP contribution in [0.2, 0.25) is 13.1 Å². The molecule has 1 fully saturated rings. The summed E-state index contributed by atoms with van der Waals surface area (Å²) in [5.74, 6) is 0. The minimum atomic E-state index is -0.959. The Labute approximate surface area is 64.7 Å². The van der Waals surface area contributed by atoms with Crippen molar-refractivity contribution >= 4 is 8.07 Å². The lowest BCUT2D eigenvalue weighted by Gasteiger charge is -2.17. The highest BCUT2D eigenvalue weighted by Gasteiger charge is 2.26. The average Bonchev–Trinajstić information content (AvgIpc) is 2.48. The Balaban J connectivity index is 2.32. The van der Waals surface area contributed by atoms with Gasteiger partial charge in [0.25, 0.3) is 0 Å². The van der Waals surface area contributed by atoms with Gasteiger partial charge in [-0.05, 0) is 13.1 Å². The summed E-state index contributed by atoms with van der Waals surface area (Å²) in [7, 11) is -0.959. The third-order valence-electron chi connectivity index (χ3n) is 1.79. The van der Waals surface area contributed by atoms with Crippen LogP contribution in [0.25, 0.3) is 0 Å². The van der Waals surface area contributed by atoms with Crippen LogP contribution < -0.4 is 0 Å². The molecular weight excluding hydrogens is 138 g/mol. The second-order valence-corrected chi connectivity index (χ2v) is 8.39. The Morgan fingerprint density at radius 1 is 1.40 bits per heavy atom. The van der Waals surface area contributed by atoms with Gasteiger partial charge >= 0.3 is 0 Å². The number of rotatable bonds is 3. The smallest absolute Gasteiger partial charge is 0.0857 e. The van der Waals surface area contributed by atoms with Crippen molar-refractivity contribution in [3.05, 3.63) is 11.8 Å². The molecule has 0 N–H and O–H groups in total. The standard InChI is InChI=1S/C8H17NSi/c1-4-7-10(2,3)8-9-5-6-9/h4,7H,5-6,8H2,1-3H3. The van der Waals surface area contributed by atoms with Gasteiger partial charge in [-0.1, -0.05) is 24.9 Å². The van der Waals surface area contributed by atoms with Crippen LogP contribution in [0.3, 0.4) is 0 Å². The molecule has 0 saturated carbocycles. The molecule has 1 saturated heterocycles. The second-order valence-electron chi connectivity index (χ2n) is 3.76. The summed E-state index contributed by atoms with van der Waals surface area (Å²) in [6.07, 6.45) is 3.56. The van der Waals surface area contributed by atoms with Gasteiger partial charge in [0.2, 0.25) is 0 Å². The van der Waals surface area contributed by atoms with Crippen molar-refractivity contribution in [2.24, 2.45) is 0 Å². The predicted octanol–water partition coefficient (Wildman–Crippen LogP) is 1.66. The molecule has 0 aromatic heterocycles. The van der Waals surface area contributed by atoms with Crippen molar-refractivity contribution in [1.29, 1.82) is 0 Å². The number of allylic oxidation sites excluding steroid dienone is 1. The molecule has 58 valence electrons. The van der Waals surface area contributed by atoms with Crippen molar-refractivity contribution in [2.75, 3.05) is 19.3 Å². The fourth-order valence-corrected chi connectivity index (χ4v) is 3.79. The summed E-state index contributed by atoms with van der Waals surface area (Å²) < 4.78 is 0. The van der Waals surface area contributed by atoms with Crippen LogP contribution in [0, 0.1) is 0 Å². The van der Waals surface area contributed by atoms with E-state index in [-0.39, 0.29) is 0 Å². The van der Waals surface area contributed by atoms with E-state index in [1.54, 1.807) is 0 Å². The lowest BCUT2D eigenvalue weighted by molar-refractivity contribution is 0.650. The molecule has 0 aromatic carbocycles. The van der Waals surface area contributed by atoms with E-state index in [0.717, 1.165) is 0 Å². The normalized spacial score (nSPS) is 20.3. The summed E-state index contributed by atoms with van der Waals surface area (Å²) >= 11 is 0. The zero-order valence-electron chi connectivity index (χ0n) is 7.22. The van der Waals surface area contributed by atoms with Crippen LogP contribution in [-0.4, -0.2) is 32.2 Å². The second kappa shape index (κ2) is 2.89. The fourth-order valence-electron chi connectivity index (χ4n) is 1.31. The number of hydrogen-bond acceptors (Lipinski definition) is 1. The van der Waals surface area contributed by atoms with Crippen LogP contribution in [0.1, 0.15) is 6.92 Å². The maximum Gasteiger partial charge on any atom is 0.0857 e. The van der Waals surface area contributed by atoms with E-state index in [1.165, 1.54) is 19.3 Å². The predicted molar refractivity (Wildman–Crippen MR) is 48.7 cm³/mol. The molecule has 0 radical (unpaired) electrons. The van der Waals surface area contributed by atoms with Crippen LogP contribution in [0.15, 0.2) is 11.8 Å². The first-order valence-corrected chi connectivity index (χ1v) is 7.29. The van der Waals surface area contributed by atoms with E-state index in [0.29, 0.717) is 0 Å². The molecule has 1 rings (SSSR count). The molecule has 0 atom stereocenters. The molecule has 1 nitrogen and oxygen atoms in total. The van der Waals surface area contributed by atoms with Crippen molar-refractivity contribution < 1.29 is 0 Å². The molecule has 0 spiro atoms. The lowest BCUT2D eigenvalue weighted by atomic mass is 10.8. The van der Waals surface area contributed by atoms with Gasteiger partial charge in [0, 0.05) is 13.1 Å². The summed E-state index contributed by atoms with van der Waals surface area (Å²) in [5, 5.41) is 0. The molecule has 10 heavy (non-hydrogen) atoms. The maximum absolute atomic E-state index is 2.52. The Morgan fingerprint density at radius 2 is 2.00 bits per heavy atom. The van der Waals surface area contributed by atoms with Gasteiger partial charge in [-0.2, -0.15) is 0 Å². The Kier molecular flexibility index (Phi) is 2.31. The van der Waals surface area contributed by atoms with Crippen molar-refractivity contribution in [3.8, 4) is 0 Å². The topological polar surface area (TPSA) is 3.01 Å². The monoisotopic (exact) mass is 155 g/mol. The zero-order chi connectivity index (χ0) is 7.61. The first-order valence-electron chi connectivity index (χ1n) is 4.00. The van der Waals surface area contributed by atoms with Gasteiger partial charge in [0.05, 0.1) is 8.07 Å². The highest BCUT2D eigenvalue weighted by molar-refractivity contribution is 6.82. The Morgan fingerprint density at radius 3 is 2.40 bits per heavy atom. The van der Waals surface area contributed by atoms with Gasteiger partial charge < -0.3 is 4.90 Å². The zero-order valence-corrected chi connectivity index (χ0v) is 8.22. The Bertz CT molecular complexity index is 136. The lowest BCUT2D eigenvalue weighted by Crippen LogP contribution is -2.33. The molecule has 0 aromatic rings. The maximum atomic E-state index is 2.52. The highest BCUT2D eigenvalue weighted by atomic mass is 28.3. The third kappa shape index (κ3) is 2.67. The first kappa shape index (κ1) is 8.02. The van der Waals surface area contributed by atoms with E-state index in [1.807, 2.05) is 0 Å². The molecule has 0 bridgehead atoms. The summed E-state index contributed by atoms with van der Waals surface area (Å²) in [6, 6.07) is 0. The summed E-state index contributed by atoms with van der Waals surface area (Å²) in [4.78, 5) is 2.52. The third-order valence-corrected chi connectivity index (χ3v) is 4.29. The van der Waals surface area contributed by atoms with E-state index in [9.17, 15) is 0 Å². The SMILES string of the molecule is CC=C[Si](C)(C)CN1CC1. The number of hydrogen-bond donors (Lipinski definition) is 0. The minimum Gasteiger partial charge on any atom is -0.303 e.